The van der Waals surface area contributed by atoms with Gasteiger partial charge in [-0.25, -0.2) is 0 Å². The lowest BCUT2D eigenvalue weighted by molar-refractivity contribution is -0.141. The maximum absolute atomic E-state index is 13.0. The predicted molar refractivity (Wildman–Crippen MR) is 92.4 cm³/mol. The highest BCUT2D eigenvalue weighted by atomic mass is 19.4. The average Bonchev–Trinajstić information content (AvgIpc) is 2.69. The fourth-order valence-corrected chi connectivity index (χ4v) is 2.23. The summed E-state index contributed by atoms with van der Waals surface area (Å²) in [6, 6.07) is 6.64. The smallest absolute Gasteiger partial charge is 0.433 e. The first-order valence-electron chi connectivity index (χ1n) is 8.10. The molecule has 3 rings (SSSR count). The van der Waals surface area contributed by atoms with E-state index in [-0.39, 0.29) is 22.7 Å². The Bertz CT molecular complexity index is 1010. The molecule has 0 saturated heterocycles. The zero-order valence-electron chi connectivity index (χ0n) is 14.7. The van der Waals surface area contributed by atoms with E-state index >= 15 is 0 Å². The summed E-state index contributed by atoms with van der Waals surface area (Å²) in [7, 11) is 0. The quantitative estimate of drug-likeness (QED) is 0.583. The van der Waals surface area contributed by atoms with Crippen molar-refractivity contribution in [3.63, 3.8) is 0 Å². The number of carbonyl (C=O) groups is 1. The minimum atomic E-state index is -4.78. The van der Waals surface area contributed by atoms with Gasteiger partial charge in [-0.3, -0.25) is 9.78 Å². The highest BCUT2D eigenvalue weighted by Gasteiger charge is 2.34. The van der Waals surface area contributed by atoms with Crippen LogP contribution in [0.1, 0.15) is 16.1 Å². The van der Waals surface area contributed by atoms with Gasteiger partial charge in [-0.1, -0.05) is 0 Å². The Balaban J connectivity index is 1.90. The summed E-state index contributed by atoms with van der Waals surface area (Å²) in [6.45, 7) is -3.04. The van der Waals surface area contributed by atoms with E-state index in [0.717, 1.165) is 18.3 Å². The van der Waals surface area contributed by atoms with Crippen molar-refractivity contribution in [3.8, 4) is 17.2 Å². The van der Waals surface area contributed by atoms with Gasteiger partial charge in [-0.2, -0.15) is 32.1 Å². The lowest BCUT2D eigenvalue weighted by Crippen LogP contribution is -2.16. The number of rotatable bonds is 6. The van der Waals surface area contributed by atoms with E-state index in [1.54, 1.807) is 0 Å². The summed E-state index contributed by atoms with van der Waals surface area (Å²) in [5.74, 6) is -1.45. The first-order chi connectivity index (χ1) is 14.2. The Morgan fingerprint density at radius 2 is 1.70 bits per heavy atom. The van der Waals surface area contributed by atoms with E-state index in [0.29, 0.717) is 6.07 Å². The number of hydrogen-bond donors (Lipinski definition) is 1. The molecule has 0 bridgehead atoms. The van der Waals surface area contributed by atoms with Gasteiger partial charge in [0.05, 0.1) is 18.1 Å². The summed E-state index contributed by atoms with van der Waals surface area (Å²) in [4.78, 5) is 15.8. The van der Waals surface area contributed by atoms with E-state index in [4.69, 9.17) is 4.74 Å². The number of anilines is 1. The molecule has 0 saturated carbocycles. The number of nitrogens with zero attached hydrogens (tertiary/aromatic N) is 3. The monoisotopic (exact) mass is 426 g/mol. The van der Waals surface area contributed by atoms with Crippen LogP contribution < -0.4 is 14.8 Å². The predicted octanol–water partition coefficient (Wildman–Crippen LogP) is 4.54. The molecule has 0 spiro atoms. The molecular formula is C18H11F5N4O3. The number of alkyl halides is 5. The van der Waals surface area contributed by atoms with Gasteiger partial charge < -0.3 is 14.8 Å². The Morgan fingerprint density at radius 1 is 1.00 bits per heavy atom. The van der Waals surface area contributed by atoms with Gasteiger partial charge in [0.1, 0.15) is 28.5 Å². The van der Waals surface area contributed by atoms with Crippen molar-refractivity contribution >= 4 is 11.6 Å². The molecule has 156 valence electrons. The van der Waals surface area contributed by atoms with Crippen LogP contribution in [0.15, 0.2) is 55.0 Å². The molecule has 2 aromatic heterocycles. The molecule has 0 unspecified atom stereocenters. The van der Waals surface area contributed by atoms with Crippen molar-refractivity contribution in [2.45, 2.75) is 12.8 Å². The van der Waals surface area contributed by atoms with Crippen LogP contribution in [-0.4, -0.2) is 27.7 Å². The Labute approximate surface area is 165 Å². The summed E-state index contributed by atoms with van der Waals surface area (Å²) in [5.41, 5.74) is -1.33. The molecular weight excluding hydrogens is 415 g/mol. The Morgan fingerprint density at radius 3 is 2.30 bits per heavy atom. The third-order valence-corrected chi connectivity index (χ3v) is 3.52. The van der Waals surface area contributed by atoms with Crippen LogP contribution in [-0.2, 0) is 6.18 Å². The van der Waals surface area contributed by atoms with E-state index in [1.165, 1.54) is 30.6 Å². The van der Waals surface area contributed by atoms with Crippen molar-refractivity contribution in [2.75, 3.05) is 5.32 Å². The number of amides is 1. The molecule has 0 aliphatic carbocycles. The summed E-state index contributed by atoms with van der Waals surface area (Å²) < 4.78 is 73.1. The lowest BCUT2D eigenvalue weighted by Gasteiger charge is -2.14. The maximum Gasteiger partial charge on any atom is 0.433 e. The average molecular weight is 426 g/mol. The van der Waals surface area contributed by atoms with Gasteiger partial charge in [0.25, 0.3) is 5.91 Å². The van der Waals surface area contributed by atoms with Gasteiger partial charge in [-0.15, -0.1) is 0 Å². The second kappa shape index (κ2) is 8.68. The Hall–Kier alpha value is -3.83. The minimum absolute atomic E-state index is 0.0180. The van der Waals surface area contributed by atoms with Gasteiger partial charge in [0.2, 0.25) is 0 Å². The molecule has 0 aliphatic rings. The van der Waals surface area contributed by atoms with Crippen LogP contribution in [0.25, 0.3) is 0 Å². The molecule has 0 radical (unpaired) electrons. The molecule has 12 heteroatoms. The number of ether oxygens (including phenoxy) is 2. The number of nitrogens with one attached hydrogen (secondary N) is 1. The third-order valence-electron chi connectivity index (χ3n) is 3.52. The number of carbonyl (C=O) groups excluding carboxylic acids is 1. The van der Waals surface area contributed by atoms with E-state index in [2.05, 4.69) is 25.2 Å². The molecule has 1 amide bonds. The maximum atomic E-state index is 13.0. The van der Waals surface area contributed by atoms with Crippen molar-refractivity contribution in [2.24, 2.45) is 0 Å². The fourth-order valence-electron chi connectivity index (χ4n) is 2.23. The second-order valence-corrected chi connectivity index (χ2v) is 5.60. The van der Waals surface area contributed by atoms with E-state index in [1.807, 2.05) is 0 Å². The van der Waals surface area contributed by atoms with Crippen LogP contribution in [0.4, 0.5) is 27.6 Å². The first kappa shape index (κ1) is 20.9. The SMILES string of the molecule is O=C(Nc1ccnnc1)c1cnc(C(F)(F)F)cc1Oc1ccc(OC(F)F)cc1. The summed E-state index contributed by atoms with van der Waals surface area (Å²) in [6.07, 6.45) is -1.52. The molecule has 1 aromatic carbocycles. The standard InChI is InChI=1S/C18H11F5N4O3/c19-17(20)30-12-3-1-11(2-4-12)29-14-7-15(18(21,22)23)24-9-13(14)16(28)27-10-5-6-25-26-8-10/h1-9,17H,(H,25,27,28). The largest absolute Gasteiger partial charge is 0.456 e. The van der Waals surface area contributed by atoms with Crippen molar-refractivity contribution in [3.05, 3.63) is 66.2 Å². The van der Waals surface area contributed by atoms with E-state index in [9.17, 15) is 26.7 Å². The number of halogens is 5. The van der Waals surface area contributed by atoms with Gasteiger partial charge in [0.15, 0.2) is 0 Å². The molecule has 2 heterocycles. The molecule has 0 atom stereocenters. The van der Waals surface area contributed by atoms with E-state index < -0.39 is 30.1 Å². The van der Waals surface area contributed by atoms with Gasteiger partial charge >= 0.3 is 12.8 Å². The molecule has 1 N–H and O–H groups in total. The Kier molecular flexibility index (Phi) is 6.04. The highest BCUT2D eigenvalue weighted by molar-refractivity contribution is 6.06. The first-order valence-corrected chi connectivity index (χ1v) is 8.10. The number of pyridine rings is 1. The van der Waals surface area contributed by atoms with Gasteiger partial charge in [-0.05, 0) is 30.3 Å². The summed E-state index contributed by atoms with van der Waals surface area (Å²) >= 11 is 0. The van der Waals surface area contributed by atoms with Crippen molar-refractivity contribution in [1.82, 2.24) is 15.2 Å². The number of aromatic nitrogens is 3. The van der Waals surface area contributed by atoms with Crippen LogP contribution >= 0.6 is 0 Å². The highest BCUT2D eigenvalue weighted by Crippen LogP contribution is 2.34. The van der Waals surface area contributed by atoms with Crippen LogP contribution in [0.3, 0.4) is 0 Å². The zero-order chi connectivity index (χ0) is 21.7. The molecule has 0 aliphatic heterocycles. The second-order valence-electron chi connectivity index (χ2n) is 5.60. The topological polar surface area (TPSA) is 86.2 Å². The van der Waals surface area contributed by atoms with Crippen LogP contribution in [0.2, 0.25) is 0 Å². The van der Waals surface area contributed by atoms with Crippen molar-refractivity contribution < 1.29 is 36.2 Å². The summed E-state index contributed by atoms with van der Waals surface area (Å²) in [5, 5.41) is 9.54. The fraction of sp³-hybridized carbons (Fsp3) is 0.111. The number of hydrogen-bond acceptors (Lipinski definition) is 6. The lowest BCUT2D eigenvalue weighted by atomic mass is 10.2. The number of benzene rings is 1. The zero-order valence-corrected chi connectivity index (χ0v) is 14.7. The van der Waals surface area contributed by atoms with Crippen molar-refractivity contribution in [1.29, 1.82) is 0 Å². The minimum Gasteiger partial charge on any atom is -0.456 e. The normalized spacial score (nSPS) is 11.3. The third kappa shape index (κ3) is 5.37. The van der Waals surface area contributed by atoms with Crippen LogP contribution in [0, 0.1) is 0 Å². The molecule has 7 nitrogen and oxygen atoms in total. The molecule has 0 fully saturated rings. The molecule has 3 aromatic rings. The van der Waals surface area contributed by atoms with Crippen LogP contribution in [0.5, 0.6) is 17.2 Å². The molecule has 30 heavy (non-hydrogen) atoms. The van der Waals surface area contributed by atoms with Gasteiger partial charge in [0, 0.05) is 12.3 Å².